The van der Waals surface area contributed by atoms with E-state index in [4.69, 9.17) is 11.1 Å². The van der Waals surface area contributed by atoms with E-state index in [1.807, 2.05) is 37.3 Å². The van der Waals surface area contributed by atoms with Gasteiger partial charge in [-0.3, -0.25) is 4.98 Å². The number of nitrogens with one attached hydrogen (secondary N) is 1. The maximum atomic E-state index is 7.80. The summed E-state index contributed by atoms with van der Waals surface area (Å²) in [4.78, 5) is 3.99. The molecule has 1 aromatic carbocycles. The standard InChI is InChI=1S/C14H15N3/c1-2-13(15)12-4-3-11(9-14(12)16)10-5-7-17-8-6-10/h3-9,15H,2,16H2,1H3. The topological polar surface area (TPSA) is 62.8 Å². The van der Waals surface area contributed by atoms with E-state index in [9.17, 15) is 0 Å². The van der Waals surface area contributed by atoms with E-state index in [-0.39, 0.29) is 0 Å². The summed E-state index contributed by atoms with van der Waals surface area (Å²) < 4.78 is 0. The van der Waals surface area contributed by atoms with Crippen LogP contribution in [0.25, 0.3) is 11.1 Å². The summed E-state index contributed by atoms with van der Waals surface area (Å²) in [5.41, 5.74) is 10.2. The van der Waals surface area contributed by atoms with E-state index >= 15 is 0 Å². The van der Waals surface area contributed by atoms with Gasteiger partial charge in [0.2, 0.25) is 0 Å². The molecule has 1 heterocycles. The molecule has 0 saturated heterocycles. The Labute approximate surface area is 101 Å². The van der Waals surface area contributed by atoms with Crippen LogP contribution in [0.1, 0.15) is 18.9 Å². The third kappa shape index (κ3) is 2.33. The zero-order valence-electron chi connectivity index (χ0n) is 9.77. The highest BCUT2D eigenvalue weighted by Crippen LogP contribution is 2.24. The predicted molar refractivity (Wildman–Crippen MR) is 71.2 cm³/mol. The van der Waals surface area contributed by atoms with Crippen LogP contribution in [-0.2, 0) is 0 Å². The lowest BCUT2D eigenvalue weighted by Crippen LogP contribution is -2.02. The number of anilines is 1. The zero-order chi connectivity index (χ0) is 12.3. The van der Waals surface area contributed by atoms with Gasteiger partial charge in [-0.05, 0) is 35.7 Å². The number of nitrogens with zero attached hydrogens (tertiary/aromatic N) is 1. The molecule has 0 spiro atoms. The summed E-state index contributed by atoms with van der Waals surface area (Å²) >= 11 is 0. The summed E-state index contributed by atoms with van der Waals surface area (Å²) in [6, 6.07) is 9.70. The van der Waals surface area contributed by atoms with E-state index in [1.54, 1.807) is 12.4 Å². The van der Waals surface area contributed by atoms with Crippen LogP contribution in [0.5, 0.6) is 0 Å². The highest BCUT2D eigenvalue weighted by Gasteiger charge is 2.05. The maximum absolute atomic E-state index is 7.80. The lowest BCUT2D eigenvalue weighted by molar-refractivity contribution is 1.24. The van der Waals surface area contributed by atoms with Crippen molar-refractivity contribution >= 4 is 11.4 Å². The first kappa shape index (κ1) is 11.3. The Hall–Kier alpha value is -2.16. The lowest BCUT2D eigenvalue weighted by atomic mass is 10.0. The Balaban J connectivity index is 2.41. The van der Waals surface area contributed by atoms with Gasteiger partial charge in [0.15, 0.2) is 0 Å². The van der Waals surface area contributed by atoms with Gasteiger partial charge in [0.1, 0.15) is 0 Å². The van der Waals surface area contributed by atoms with E-state index in [0.29, 0.717) is 17.8 Å². The molecule has 3 nitrogen and oxygen atoms in total. The molecule has 3 heteroatoms. The minimum atomic E-state index is 0.573. The minimum Gasteiger partial charge on any atom is -0.398 e. The van der Waals surface area contributed by atoms with Crippen molar-refractivity contribution in [2.45, 2.75) is 13.3 Å². The van der Waals surface area contributed by atoms with Gasteiger partial charge in [-0.15, -0.1) is 0 Å². The first-order chi connectivity index (χ1) is 8.22. The van der Waals surface area contributed by atoms with Gasteiger partial charge < -0.3 is 11.1 Å². The molecule has 0 aliphatic carbocycles. The van der Waals surface area contributed by atoms with E-state index in [1.165, 1.54) is 0 Å². The van der Waals surface area contributed by atoms with Crippen molar-refractivity contribution in [3.63, 3.8) is 0 Å². The van der Waals surface area contributed by atoms with E-state index in [2.05, 4.69) is 4.98 Å². The van der Waals surface area contributed by atoms with Crippen LogP contribution in [-0.4, -0.2) is 10.7 Å². The Kier molecular flexibility index (Phi) is 3.19. The highest BCUT2D eigenvalue weighted by atomic mass is 14.6. The molecule has 17 heavy (non-hydrogen) atoms. The SMILES string of the molecule is CCC(=N)c1ccc(-c2ccncc2)cc1N. The number of nitrogens with two attached hydrogens (primary N) is 1. The van der Waals surface area contributed by atoms with Crippen molar-refractivity contribution in [1.29, 1.82) is 5.41 Å². The van der Waals surface area contributed by atoms with Gasteiger partial charge in [-0.1, -0.05) is 19.1 Å². The molecule has 0 unspecified atom stereocenters. The number of rotatable bonds is 3. The monoisotopic (exact) mass is 225 g/mol. The van der Waals surface area contributed by atoms with Crippen molar-refractivity contribution in [3.8, 4) is 11.1 Å². The molecule has 0 atom stereocenters. The molecule has 0 saturated carbocycles. The molecule has 3 N–H and O–H groups in total. The lowest BCUT2D eigenvalue weighted by Gasteiger charge is -2.08. The Bertz CT molecular complexity index is 532. The fraction of sp³-hybridized carbons (Fsp3) is 0.143. The van der Waals surface area contributed by atoms with Gasteiger partial charge >= 0.3 is 0 Å². The molecule has 0 aliphatic rings. The zero-order valence-corrected chi connectivity index (χ0v) is 9.77. The first-order valence-electron chi connectivity index (χ1n) is 5.60. The Morgan fingerprint density at radius 3 is 2.47 bits per heavy atom. The van der Waals surface area contributed by atoms with Gasteiger partial charge in [-0.2, -0.15) is 0 Å². The van der Waals surface area contributed by atoms with Gasteiger partial charge in [0.05, 0.1) is 0 Å². The quantitative estimate of drug-likeness (QED) is 0.622. The number of nitrogen functional groups attached to an aromatic ring is 1. The molecule has 0 amide bonds. The molecule has 0 fully saturated rings. The second kappa shape index (κ2) is 4.78. The van der Waals surface area contributed by atoms with E-state index in [0.717, 1.165) is 16.7 Å². The molecule has 0 aliphatic heterocycles. The van der Waals surface area contributed by atoms with Crippen molar-refractivity contribution in [1.82, 2.24) is 4.98 Å². The van der Waals surface area contributed by atoms with Crippen LogP contribution >= 0.6 is 0 Å². The van der Waals surface area contributed by atoms with Crippen molar-refractivity contribution in [2.75, 3.05) is 5.73 Å². The third-order valence-electron chi connectivity index (χ3n) is 2.74. The maximum Gasteiger partial charge on any atom is 0.0412 e. The summed E-state index contributed by atoms with van der Waals surface area (Å²) in [5.74, 6) is 0. The highest BCUT2D eigenvalue weighted by molar-refractivity contribution is 6.03. The number of hydrogen-bond donors (Lipinski definition) is 2. The average molecular weight is 225 g/mol. The van der Waals surface area contributed by atoms with Crippen LogP contribution in [0.2, 0.25) is 0 Å². The fourth-order valence-corrected chi connectivity index (χ4v) is 1.75. The second-order valence-corrected chi connectivity index (χ2v) is 3.87. The largest absolute Gasteiger partial charge is 0.398 e. The summed E-state index contributed by atoms with van der Waals surface area (Å²) in [5, 5.41) is 7.80. The van der Waals surface area contributed by atoms with Crippen LogP contribution in [0.3, 0.4) is 0 Å². The van der Waals surface area contributed by atoms with Gasteiger partial charge in [-0.25, -0.2) is 0 Å². The molecule has 0 radical (unpaired) electrons. The Morgan fingerprint density at radius 1 is 1.18 bits per heavy atom. The summed E-state index contributed by atoms with van der Waals surface area (Å²) in [7, 11) is 0. The smallest absolute Gasteiger partial charge is 0.0412 e. The molecule has 2 aromatic rings. The van der Waals surface area contributed by atoms with Gasteiger partial charge in [0.25, 0.3) is 0 Å². The van der Waals surface area contributed by atoms with E-state index < -0.39 is 0 Å². The third-order valence-corrected chi connectivity index (χ3v) is 2.74. The summed E-state index contributed by atoms with van der Waals surface area (Å²) in [6.45, 7) is 1.96. The first-order valence-corrected chi connectivity index (χ1v) is 5.60. The normalized spacial score (nSPS) is 10.2. The fourth-order valence-electron chi connectivity index (χ4n) is 1.75. The number of aromatic nitrogens is 1. The second-order valence-electron chi connectivity index (χ2n) is 3.87. The molecule has 86 valence electrons. The predicted octanol–water partition coefficient (Wildman–Crippen LogP) is 3.11. The van der Waals surface area contributed by atoms with Gasteiger partial charge in [0, 0.05) is 29.4 Å². The van der Waals surface area contributed by atoms with Crippen LogP contribution in [0, 0.1) is 5.41 Å². The van der Waals surface area contributed by atoms with Crippen molar-refractivity contribution in [2.24, 2.45) is 0 Å². The van der Waals surface area contributed by atoms with Crippen LogP contribution < -0.4 is 5.73 Å². The summed E-state index contributed by atoms with van der Waals surface area (Å²) in [6.07, 6.45) is 4.21. The number of benzene rings is 1. The molecular weight excluding hydrogens is 210 g/mol. The molecule has 0 bridgehead atoms. The molecular formula is C14H15N3. The Morgan fingerprint density at radius 2 is 1.88 bits per heavy atom. The molecule has 1 aromatic heterocycles. The molecule has 2 rings (SSSR count). The minimum absolute atomic E-state index is 0.573. The van der Waals surface area contributed by atoms with Crippen LogP contribution in [0.4, 0.5) is 5.69 Å². The van der Waals surface area contributed by atoms with Crippen molar-refractivity contribution in [3.05, 3.63) is 48.3 Å². The number of hydrogen-bond acceptors (Lipinski definition) is 3. The van der Waals surface area contributed by atoms with Crippen molar-refractivity contribution < 1.29 is 0 Å². The van der Waals surface area contributed by atoms with Crippen LogP contribution in [0.15, 0.2) is 42.7 Å². The number of pyridine rings is 1. The average Bonchev–Trinajstić information content (AvgIpc) is 2.39.